The van der Waals surface area contributed by atoms with Crippen LogP contribution >= 0.6 is 11.3 Å². The van der Waals surface area contributed by atoms with Gasteiger partial charge in [-0.2, -0.15) is 0 Å². The second-order valence-corrected chi connectivity index (χ2v) is 8.42. The third-order valence-corrected chi connectivity index (χ3v) is 4.64. The number of nitrogens with zero attached hydrogens (tertiary/aromatic N) is 2. The first-order chi connectivity index (χ1) is 8.84. The smallest absolute Gasteiger partial charge is 0.205 e. The van der Waals surface area contributed by atoms with E-state index in [2.05, 4.69) is 50.1 Å². The van der Waals surface area contributed by atoms with Crippen molar-refractivity contribution >= 4 is 16.5 Å². The molecule has 0 radical (unpaired) electrons. The monoisotopic (exact) mass is 281 g/mol. The molecule has 19 heavy (non-hydrogen) atoms. The van der Waals surface area contributed by atoms with E-state index >= 15 is 0 Å². The summed E-state index contributed by atoms with van der Waals surface area (Å²) in [5.74, 6) is 1.44. The fourth-order valence-electron chi connectivity index (χ4n) is 3.37. The fourth-order valence-corrected chi connectivity index (χ4v) is 4.40. The molecular formula is C15H27N3S. The minimum atomic E-state index is 0.445. The van der Waals surface area contributed by atoms with Crippen molar-refractivity contribution < 1.29 is 0 Å². The van der Waals surface area contributed by atoms with Gasteiger partial charge in [0.05, 0.1) is 0 Å². The summed E-state index contributed by atoms with van der Waals surface area (Å²) in [6.07, 6.45) is 4.85. The SMILES string of the molecule is CC(C)Cc1nnc(NC2CC(C)CC(C)(C)C2)s1. The van der Waals surface area contributed by atoms with Gasteiger partial charge in [0.1, 0.15) is 5.01 Å². The summed E-state index contributed by atoms with van der Waals surface area (Å²) >= 11 is 1.72. The Balaban J connectivity index is 1.95. The van der Waals surface area contributed by atoms with Gasteiger partial charge in [-0.05, 0) is 36.5 Å². The summed E-state index contributed by atoms with van der Waals surface area (Å²) < 4.78 is 0. The lowest BCUT2D eigenvalue weighted by molar-refractivity contribution is 0.178. The number of rotatable bonds is 4. The van der Waals surface area contributed by atoms with Gasteiger partial charge in [0.15, 0.2) is 0 Å². The summed E-state index contributed by atoms with van der Waals surface area (Å²) in [6, 6.07) is 0.554. The Hall–Kier alpha value is -0.640. The third kappa shape index (κ3) is 4.44. The molecule has 1 fully saturated rings. The molecule has 108 valence electrons. The van der Waals surface area contributed by atoms with Gasteiger partial charge in [-0.3, -0.25) is 0 Å². The molecule has 0 aliphatic heterocycles. The van der Waals surface area contributed by atoms with Crippen molar-refractivity contribution in [2.45, 2.75) is 66.3 Å². The van der Waals surface area contributed by atoms with E-state index in [9.17, 15) is 0 Å². The summed E-state index contributed by atoms with van der Waals surface area (Å²) in [5.41, 5.74) is 0.445. The van der Waals surface area contributed by atoms with Crippen molar-refractivity contribution in [3.63, 3.8) is 0 Å². The highest BCUT2D eigenvalue weighted by molar-refractivity contribution is 7.15. The first-order valence-corrected chi connectivity index (χ1v) is 8.24. The molecule has 0 saturated heterocycles. The van der Waals surface area contributed by atoms with Crippen LogP contribution in [0.2, 0.25) is 0 Å². The molecule has 2 rings (SSSR count). The Kier molecular flexibility index (Phi) is 4.49. The largest absolute Gasteiger partial charge is 0.357 e. The minimum Gasteiger partial charge on any atom is -0.357 e. The second-order valence-electron chi connectivity index (χ2n) is 7.35. The van der Waals surface area contributed by atoms with Gasteiger partial charge in [-0.15, -0.1) is 10.2 Å². The highest BCUT2D eigenvalue weighted by atomic mass is 32.1. The standard InChI is InChI=1S/C15H27N3S/c1-10(2)6-13-17-18-14(19-13)16-12-7-11(3)8-15(4,5)9-12/h10-12H,6-9H2,1-5H3,(H,16,18). The van der Waals surface area contributed by atoms with Crippen LogP contribution in [0.4, 0.5) is 5.13 Å². The zero-order valence-corrected chi connectivity index (χ0v) is 13.7. The topological polar surface area (TPSA) is 37.8 Å². The lowest BCUT2D eigenvalue weighted by Crippen LogP contribution is -2.35. The summed E-state index contributed by atoms with van der Waals surface area (Å²) in [4.78, 5) is 0. The van der Waals surface area contributed by atoms with E-state index in [0.29, 0.717) is 17.4 Å². The van der Waals surface area contributed by atoms with Crippen molar-refractivity contribution in [1.82, 2.24) is 10.2 Å². The highest BCUT2D eigenvalue weighted by Gasteiger charge is 2.32. The molecule has 1 aliphatic rings. The Morgan fingerprint density at radius 1 is 1.32 bits per heavy atom. The highest BCUT2D eigenvalue weighted by Crippen LogP contribution is 2.39. The quantitative estimate of drug-likeness (QED) is 0.891. The van der Waals surface area contributed by atoms with Crippen LogP contribution in [-0.2, 0) is 6.42 Å². The van der Waals surface area contributed by atoms with Crippen molar-refractivity contribution in [1.29, 1.82) is 0 Å². The number of hydrogen-bond acceptors (Lipinski definition) is 4. The fraction of sp³-hybridized carbons (Fsp3) is 0.867. The zero-order chi connectivity index (χ0) is 14.0. The maximum Gasteiger partial charge on any atom is 0.205 e. The number of nitrogens with one attached hydrogen (secondary N) is 1. The van der Waals surface area contributed by atoms with Crippen molar-refractivity contribution in [2.75, 3.05) is 5.32 Å². The van der Waals surface area contributed by atoms with Gasteiger partial charge in [0.2, 0.25) is 5.13 Å². The van der Waals surface area contributed by atoms with E-state index in [1.807, 2.05) is 0 Å². The average molecular weight is 281 g/mol. The van der Waals surface area contributed by atoms with Gasteiger partial charge >= 0.3 is 0 Å². The summed E-state index contributed by atoms with van der Waals surface area (Å²) in [5, 5.41) is 14.3. The molecule has 1 saturated carbocycles. The molecular weight excluding hydrogens is 254 g/mol. The van der Waals surface area contributed by atoms with Crippen LogP contribution in [-0.4, -0.2) is 16.2 Å². The Morgan fingerprint density at radius 2 is 2.05 bits per heavy atom. The van der Waals surface area contributed by atoms with Gasteiger partial charge < -0.3 is 5.32 Å². The average Bonchev–Trinajstić information content (AvgIpc) is 2.60. The molecule has 0 aromatic carbocycles. The minimum absolute atomic E-state index is 0.445. The van der Waals surface area contributed by atoms with Crippen molar-refractivity contribution in [3.8, 4) is 0 Å². The maximum atomic E-state index is 4.29. The van der Waals surface area contributed by atoms with E-state index in [1.54, 1.807) is 11.3 Å². The lowest BCUT2D eigenvalue weighted by atomic mass is 9.71. The van der Waals surface area contributed by atoms with Gasteiger partial charge in [-0.1, -0.05) is 46.0 Å². The van der Waals surface area contributed by atoms with Crippen LogP contribution in [0.15, 0.2) is 0 Å². The Morgan fingerprint density at radius 3 is 2.68 bits per heavy atom. The first kappa shape index (κ1) is 14.8. The van der Waals surface area contributed by atoms with Crippen LogP contribution in [0.5, 0.6) is 0 Å². The summed E-state index contributed by atoms with van der Waals surface area (Å²) in [7, 11) is 0. The third-order valence-electron chi connectivity index (χ3n) is 3.76. The molecule has 1 aromatic rings. The van der Waals surface area contributed by atoms with Gasteiger partial charge in [0.25, 0.3) is 0 Å². The molecule has 0 bridgehead atoms. The molecule has 1 N–H and O–H groups in total. The van der Waals surface area contributed by atoms with E-state index in [-0.39, 0.29) is 0 Å². The number of anilines is 1. The number of hydrogen-bond donors (Lipinski definition) is 1. The lowest BCUT2D eigenvalue weighted by Gasteiger charge is -2.39. The first-order valence-electron chi connectivity index (χ1n) is 7.43. The maximum absolute atomic E-state index is 4.29. The van der Waals surface area contributed by atoms with E-state index < -0.39 is 0 Å². The zero-order valence-electron chi connectivity index (χ0n) is 12.9. The normalized spacial score (nSPS) is 26.6. The van der Waals surface area contributed by atoms with Gasteiger partial charge in [-0.25, -0.2) is 0 Å². The predicted octanol–water partition coefficient (Wildman–Crippen LogP) is 4.36. The molecule has 1 aromatic heterocycles. The van der Waals surface area contributed by atoms with E-state index in [0.717, 1.165) is 22.5 Å². The van der Waals surface area contributed by atoms with E-state index in [4.69, 9.17) is 0 Å². The van der Waals surface area contributed by atoms with Crippen LogP contribution in [0.1, 0.15) is 58.9 Å². The van der Waals surface area contributed by atoms with Crippen LogP contribution < -0.4 is 5.32 Å². The van der Waals surface area contributed by atoms with Crippen molar-refractivity contribution in [3.05, 3.63) is 5.01 Å². The second kappa shape index (κ2) is 5.78. The summed E-state index contributed by atoms with van der Waals surface area (Å²) in [6.45, 7) is 11.6. The van der Waals surface area contributed by atoms with E-state index in [1.165, 1.54) is 19.3 Å². The molecule has 2 atom stereocenters. The Labute approximate surface area is 121 Å². The Bertz CT molecular complexity index is 411. The predicted molar refractivity (Wildman–Crippen MR) is 82.7 cm³/mol. The van der Waals surface area contributed by atoms with Gasteiger partial charge in [0, 0.05) is 12.5 Å². The molecule has 0 amide bonds. The van der Waals surface area contributed by atoms with Crippen LogP contribution in [0, 0.1) is 17.3 Å². The van der Waals surface area contributed by atoms with Crippen LogP contribution in [0.25, 0.3) is 0 Å². The molecule has 1 heterocycles. The van der Waals surface area contributed by atoms with Crippen LogP contribution in [0.3, 0.4) is 0 Å². The molecule has 0 spiro atoms. The molecule has 1 aliphatic carbocycles. The number of aromatic nitrogens is 2. The molecule has 4 heteroatoms. The molecule has 3 nitrogen and oxygen atoms in total. The van der Waals surface area contributed by atoms with Crippen molar-refractivity contribution in [2.24, 2.45) is 17.3 Å². The molecule has 2 unspecified atom stereocenters.